The molecule has 0 aromatic heterocycles. The van der Waals surface area contributed by atoms with Crippen LogP contribution in [-0.4, -0.2) is 47.3 Å². The molecule has 4 rings (SSSR count). The van der Waals surface area contributed by atoms with Gasteiger partial charge in [-0.15, -0.1) is 0 Å². The van der Waals surface area contributed by atoms with Gasteiger partial charge in [0.1, 0.15) is 0 Å². The van der Waals surface area contributed by atoms with Gasteiger partial charge in [0.05, 0.1) is 0 Å². The lowest BCUT2D eigenvalue weighted by Gasteiger charge is -2.40. The average Bonchev–Trinajstić information content (AvgIpc) is 2.91. The highest BCUT2D eigenvalue weighted by Gasteiger charge is 2.33. The number of fused-ring (bicyclic) bond motifs is 1. The number of carbonyl (C=O) groups excluding carboxylic acids is 2. The summed E-state index contributed by atoms with van der Waals surface area (Å²) in [5.74, 6) is 0.278. The summed E-state index contributed by atoms with van der Waals surface area (Å²) < 4.78 is 0. The van der Waals surface area contributed by atoms with Gasteiger partial charge in [0.25, 0.3) is 5.91 Å². The minimum absolute atomic E-state index is 0.0476. The van der Waals surface area contributed by atoms with Crippen LogP contribution in [0.5, 0.6) is 0 Å². The van der Waals surface area contributed by atoms with E-state index in [1.807, 2.05) is 36.4 Å². The molecule has 2 aliphatic heterocycles. The van der Waals surface area contributed by atoms with Gasteiger partial charge >= 0.3 is 0 Å². The lowest BCUT2D eigenvalue weighted by Crippen LogP contribution is -2.50. The Bertz CT molecular complexity index is 927. The van der Waals surface area contributed by atoms with Gasteiger partial charge in [0, 0.05) is 36.1 Å². The summed E-state index contributed by atoms with van der Waals surface area (Å²) in [6.45, 7) is 4.63. The third-order valence-electron chi connectivity index (χ3n) is 6.73. The molecule has 0 radical (unpaired) electrons. The number of nitrogens with zero attached hydrogens (tertiary/aromatic N) is 2. The highest BCUT2D eigenvalue weighted by Crippen LogP contribution is 2.30. The number of benzene rings is 2. The molecule has 5 heteroatoms. The molecular weight excluding hydrogens is 408 g/mol. The van der Waals surface area contributed by atoms with Crippen molar-refractivity contribution in [1.29, 1.82) is 0 Å². The molecule has 0 aliphatic carbocycles. The Morgan fingerprint density at radius 2 is 1.84 bits per heavy atom. The molecule has 0 spiro atoms. The molecule has 2 aliphatic rings. The van der Waals surface area contributed by atoms with E-state index in [4.69, 9.17) is 11.6 Å². The normalized spacial score (nSPS) is 21.0. The fraction of sp³-hybridized carbons (Fsp3) is 0.462. The van der Waals surface area contributed by atoms with Crippen molar-refractivity contribution in [3.63, 3.8) is 0 Å². The molecule has 2 atom stereocenters. The van der Waals surface area contributed by atoms with Gasteiger partial charge < -0.3 is 0 Å². The van der Waals surface area contributed by atoms with Crippen molar-refractivity contribution in [3.05, 3.63) is 70.2 Å². The van der Waals surface area contributed by atoms with Gasteiger partial charge in [-0.1, -0.05) is 55.3 Å². The summed E-state index contributed by atoms with van der Waals surface area (Å²) in [7, 11) is 0. The number of hydrogen-bond donors (Lipinski definition) is 0. The van der Waals surface area contributed by atoms with Crippen molar-refractivity contribution >= 4 is 23.4 Å². The zero-order chi connectivity index (χ0) is 21.8. The third kappa shape index (κ3) is 5.02. The first-order valence-corrected chi connectivity index (χ1v) is 11.9. The van der Waals surface area contributed by atoms with Crippen LogP contribution in [0.1, 0.15) is 66.4 Å². The molecule has 4 nitrogen and oxygen atoms in total. The molecule has 2 amide bonds. The summed E-state index contributed by atoms with van der Waals surface area (Å²) in [5, 5.41) is 0.763. The summed E-state index contributed by atoms with van der Waals surface area (Å²) >= 11 is 6.08. The molecule has 164 valence electrons. The van der Waals surface area contributed by atoms with Crippen LogP contribution in [0, 0.1) is 0 Å². The molecule has 0 saturated carbocycles. The van der Waals surface area contributed by atoms with E-state index in [1.54, 1.807) is 0 Å². The Morgan fingerprint density at radius 3 is 2.61 bits per heavy atom. The van der Waals surface area contributed by atoms with Crippen LogP contribution in [0.3, 0.4) is 0 Å². The molecule has 2 aromatic carbocycles. The summed E-state index contributed by atoms with van der Waals surface area (Å²) in [5.41, 5.74) is 2.98. The van der Waals surface area contributed by atoms with E-state index in [1.165, 1.54) is 10.5 Å². The molecular formula is C26H31ClN2O2. The van der Waals surface area contributed by atoms with Gasteiger partial charge in [-0.25, -0.2) is 0 Å². The first-order valence-electron chi connectivity index (χ1n) is 11.5. The zero-order valence-electron chi connectivity index (χ0n) is 18.2. The van der Waals surface area contributed by atoms with E-state index in [0.717, 1.165) is 49.4 Å². The van der Waals surface area contributed by atoms with Gasteiger partial charge in [-0.2, -0.15) is 0 Å². The SMILES string of the molecule is CCCC(CN1C(=O)CCc2ccccc2C1=O)N1CCCC(c2ccc(Cl)cc2)C1. The third-order valence-corrected chi connectivity index (χ3v) is 6.98. The van der Waals surface area contributed by atoms with Gasteiger partial charge in [-0.05, 0) is 67.5 Å². The van der Waals surface area contributed by atoms with E-state index in [0.29, 0.717) is 30.9 Å². The summed E-state index contributed by atoms with van der Waals surface area (Å²) in [6, 6.07) is 16.0. The maximum absolute atomic E-state index is 13.3. The molecule has 31 heavy (non-hydrogen) atoms. The molecule has 1 saturated heterocycles. The number of likely N-dealkylation sites (tertiary alicyclic amines) is 1. The van der Waals surface area contributed by atoms with E-state index in [2.05, 4.69) is 24.0 Å². The molecule has 2 heterocycles. The first-order chi connectivity index (χ1) is 15.1. The topological polar surface area (TPSA) is 40.6 Å². The fourth-order valence-electron chi connectivity index (χ4n) is 5.05. The maximum atomic E-state index is 13.3. The Balaban J connectivity index is 1.52. The largest absolute Gasteiger partial charge is 0.298 e. The minimum atomic E-state index is -0.134. The van der Waals surface area contributed by atoms with Gasteiger partial charge in [0.15, 0.2) is 0 Å². The standard InChI is InChI=1S/C26H31ClN2O2/c1-2-6-23(28-16-5-8-21(17-28)19-10-13-22(27)14-11-19)18-29-25(30)15-12-20-7-3-4-9-24(20)26(29)31/h3-4,7,9-11,13-14,21,23H,2,5-6,8,12,15-18H2,1H3. The number of amides is 2. The highest BCUT2D eigenvalue weighted by molar-refractivity contribution is 6.30. The van der Waals surface area contributed by atoms with Crippen molar-refractivity contribution in [3.8, 4) is 0 Å². The van der Waals surface area contributed by atoms with Crippen LogP contribution < -0.4 is 0 Å². The number of rotatable bonds is 6. The summed E-state index contributed by atoms with van der Waals surface area (Å²) in [6.07, 6.45) is 5.32. The van der Waals surface area contributed by atoms with Crippen molar-refractivity contribution in [2.75, 3.05) is 19.6 Å². The summed E-state index contributed by atoms with van der Waals surface area (Å²) in [4.78, 5) is 30.2. The smallest absolute Gasteiger partial charge is 0.260 e. The Hall–Kier alpha value is -2.17. The van der Waals surface area contributed by atoms with Crippen LogP contribution in [-0.2, 0) is 11.2 Å². The monoisotopic (exact) mass is 438 g/mol. The Kier molecular flexibility index (Phi) is 7.09. The first kappa shape index (κ1) is 22.0. The van der Waals surface area contributed by atoms with Crippen LogP contribution in [0.4, 0.5) is 0 Å². The van der Waals surface area contributed by atoms with E-state index in [-0.39, 0.29) is 17.9 Å². The molecule has 1 fully saturated rings. The lowest BCUT2D eigenvalue weighted by atomic mass is 9.89. The lowest BCUT2D eigenvalue weighted by molar-refractivity contribution is -0.129. The number of aryl methyl sites for hydroxylation is 1. The molecule has 2 aromatic rings. The van der Waals surface area contributed by atoms with Crippen molar-refractivity contribution in [2.45, 2.75) is 57.4 Å². The Labute approximate surface area is 190 Å². The number of piperidine rings is 1. The van der Waals surface area contributed by atoms with Crippen molar-refractivity contribution in [1.82, 2.24) is 9.80 Å². The highest BCUT2D eigenvalue weighted by atomic mass is 35.5. The van der Waals surface area contributed by atoms with Crippen LogP contribution >= 0.6 is 11.6 Å². The van der Waals surface area contributed by atoms with Crippen molar-refractivity contribution < 1.29 is 9.59 Å². The number of halogens is 1. The second-order valence-electron chi connectivity index (χ2n) is 8.79. The van der Waals surface area contributed by atoms with E-state index in [9.17, 15) is 9.59 Å². The molecule has 0 bridgehead atoms. The molecule has 0 N–H and O–H groups in total. The second kappa shape index (κ2) is 9.97. The van der Waals surface area contributed by atoms with Crippen LogP contribution in [0.2, 0.25) is 5.02 Å². The van der Waals surface area contributed by atoms with E-state index < -0.39 is 0 Å². The fourth-order valence-corrected chi connectivity index (χ4v) is 5.17. The second-order valence-corrected chi connectivity index (χ2v) is 9.23. The van der Waals surface area contributed by atoms with Gasteiger partial charge in [-0.3, -0.25) is 19.4 Å². The zero-order valence-corrected chi connectivity index (χ0v) is 19.0. The predicted molar refractivity (Wildman–Crippen MR) is 125 cm³/mol. The number of carbonyl (C=O) groups is 2. The molecule has 2 unspecified atom stereocenters. The number of imide groups is 1. The number of hydrogen-bond acceptors (Lipinski definition) is 3. The minimum Gasteiger partial charge on any atom is -0.298 e. The quantitative estimate of drug-likeness (QED) is 0.574. The van der Waals surface area contributed by atoms with Gasteiger partial charge in [0.2, 0.25) is 5.91 Å². The predicted octanol–water partition coefficient (Wildman–Crippen LogP) is 5.30. The van der Waals surface area contributed by atoms with E-state index >= 15 is 0 Å². The average molecular weight is 439 g/mol. The Morgan fingerprint density at radius 1 is 1.06 bits per heavy atom. The maximum Gasteiger partial charge on any atom is 0.260 e. The van der Waals surface area contributed by atoms with Crippen molar-refractivity contribution in [2.24, 2.45) is 0 Å². The van der Waals surface area contributed by atoms with Crippen LogP contribution in [0.15, 0.2) is 48.5 Å². The van der Waals surface area contributed by atoms with Crippen LogP contribution in [0.25, 0.3) is 0 Å².